The SMILES string of the molecule is CC(NC(=O)C1C2C3CCC(C3)C12)C1CCNC1. The van der Waals surface area contributed by atoms with Crippen LogP contribution < -0.4 is 10.6 Å². The average molecular weight is 248 g/mol. The predicted molar refractivity (Wildman–Crippen MR) is 69.9 cm³/mol. The molecule has 0 aromatic rings. The summed E-state index contributed by atoms with van der Waals surface area (Å²) in [5.41, 5.74) is 0. The Hall–Kier alpha value is -0.570. The van der Waals surface area contributed by atoms with Gasteiger partial charge in [0.05, 0.1) is 0 Å². The molecule has 3 aliphatic carbocycles. The maximum Gasteiger partial charge on any atom is 0.223 e. The van der Waals surface area contributed by atoms with Crippen molar-refractivity contribution in [3.8, 4) is 0 Å². The number of hydrogen-bond acceptors (Lipinski definition) is 2. The number of rotatable bonds is 3. The average Bonchev–Trinajstić information content (AvgIpc) is 2.82. The van der Waals surface area contributed by atoms with Gasteiger partial charge < -0.3 is 10.6 Å². The third-order valence-electron chi connectivity index (χ3n) is 6.21. The normalized spacial score (nSPS) is 50.1. The third-order valence-corrected chi connectivity index (χ3v) is 6.21. The molecule has 0 aromatic heterocycles. The van der Waals surface area contributed by atoms with Crippen LogP contribution in [0.2, 0.25) is 0 Å². The van der Waals surface area contributed by atoms with E-state index in [4.69, 9.17) is 0 Å². The van der Waals surface area contributed by atoms with Gasteiger partial charge in [-0.2, -0.15) is 0 Å². The fourth-order valence-electron chi connectivity index (χ4n) is 5.22. The van der Waals surface area contributed by atoms with Crippen molar-refractivity contribution in [3.05, 3.63) is 0 Å². The highest BCUT2D eigenvalue weighted by molar-refractivity contribution is 5.83. The first kappa shape index (κ1) is 11.3. The molecule has 1 saturated heterocycles. The Morgan fingerprint density at radius 3 is 2.56 bits per heavy atom. The Bertz CT molecular complexity index is 348. The van der Waals surface area contributed by atoms with Crippen LogP contribution in [0.15, 0.2) is 0 Å². The Balaban J connectivity index is 1.35. The van der Waals surface area contributed by atoms with Crippen molar-refractivity contribution in [2.24, 2.45) is 35.5 Å². The summed E-state index contributed by atoms with van der Waals surface area (Å²) in [5.74, 6) is 4.77. The van der Waals surface area contributed by atoms with Crippen LogP contribution in [0.25, 0.3) is 0 Å². The standard InChI is InChI=1S/C15H24N2O/c1-8(11-4-5-16-7-11)17-15(18)14-12-9-2-3-10(6-9)13(12)14/h8-14,16H,2-7H2,1H3,(H,17,18). The van der Waals surface area contributed by atoms with E-state index in [0.717, 1.165) is 36.8 Å². The van der Waals surface area contributed by atoms with Gasteiger partial charge in [0.15, 0.2) is 0 Å². The summed E-state index contributed by atoms with van der Waals surface area (Å²) in [6.45, 7) is 4.37. The molecule has 4 aliphatic rings. The zero-order chi connectivity index (χ0) is 12.3. The van der Waals surface area contributed by atoms with Crippen molar-refractivity contribution in [1.82, 2.24) is 10.6 Å². The minimum atomic E-state index is 0.353. The largest absolute Gasteiger partial charge is 0.353 e. The topological polar surface area (TPSA) is 41.1 Å². The smallest absolute Gasteiger partial charge is 0.223 e. The van der Waals surface area contributed by atoms with Crippen LogP contribution in [0, 0.1) is 35.5 Å². The molecular weight excluding hydrogens is 224 g/mol. The van der Waals surface area contributed by atoms with Gasteiger partial charge in [0, 0.05) is 12.0 Å². The van der Waals surface area contributed by atoms with Crippen molar-refractivity contribution < 1.29 is 4.79 Å². The fraction of sp³-hybridized carbons (Fsp3) is 0.933. The zero-order valence-electron chi connectivity index (χ0n) is 11.2. The lowest BCUT2D eigenvalue weighted by molar-refractivity contribution is -0.124. The maximum atomic E-state index is 12.4. The van der Waals surface area contributed by atoms with Gasteiger partial charge in [0.1, 0.15) is 0 Å². The monoisotopic (exact) mass is 248 g/mol. The van der Waals surface area contributed by atoms with E-state index in [1.165, 1.54) is 25.7 Å². The summed E-state index contributed by atoms with van der Waals surface area (Å²) < 4.78 is 0. The van der Waals surface area contributed by atoms with E-state index >= 15 is 0 Å². The second-order valence-electron chi connectivity index (χ2n) is 7.06. The molecule has 0 aromatic carbocycles. The summed E-state index contributed by atoms with van der Waals surface area (Å²) in [6.07, 6.45) is 5.45. The molecule has 6 unspecified atom stereocenters. The van der Waals surface area contributed by atoms with E-state index in [1.54, 1.807) is 0 Å². The van der Waals surface area contributed by atoms with Crippen molar-refractivity contribution in [2.75, 3.05) is 13.1 Å². The number of hydrogen-bond donors (Lipinski definition) is 2. The van der Waals surface area contributed by atoms with Crippen molar-refractivity contribution in [1.29, 1.82) is 0 Å². The molecule has 0 spiro atoms. The van der Waals surface area contributed by atoms with Crippen molar-refractivity contribution >= 4 is 5.91 Å². The summed E-state index contributed by atoms with van der Waals surface area (Å²) in [7, 11) is 0. The Kier molecular flexibility index (Phi) is 2.48. The number of fused-ring (bicyclic) bond motifs is 5. The molecule has 100 valence electrons. The molecule has 2 bridgehead atoms. The molecule has 3 nitrogen and oxygen atoms in total. The van der Waals surface area contributed by atoms with Gasteiger partial charge in [-0.25, -0.2) is 0 Å². The number of carbonyl (C=O) groups is 1. The number of amides is 1. The number of nitrogens with one attached hydrogen (secondary N) is 2. The van der Waals surface area contributed by atoms with Crippen LogP contribution in [0.3, 0.4) is 0 Å². The summed E-state index contributed by atoms with van der Waals surface area (Å²) in [4.78, 5) is 12.4. The van der Waals surface area contributed by atoms with Crippen LogP contribution in [-0.2, 0) is 4.79 Å². The van der Waals surface area contributed by atoms with E-state index in [9.17, 15) is 4.79 Å². The van der Waals surface area contributed by atoms with E-state index in [1.807, 2.05) is 0 Å². The third kappa shape index (κ3) is 1.56. The molecule has 4 fully saturated rings. The zero-order valence-corrected chi connectivity index (χ0v) is 11.2. The van der Waals surface area contributed by atoms with Crippen LogP contribution in [0.1, 0.15) is 32.6 Å². The van der Waals surface area contributed by atoms with Gasteiger partial charge in [-0.1, -0.05) is 0 Å². The lowest BCUT2D eigenvalue weighted by Gasteiger charge is -2.20. The summed E-state index contributed by atoms with van der Waals surface area (Å²) in [6, 6.07) is 0.353. The highest BCUT2D eigenvalue weighted by Crippen LogP contribution is 2.69. The lowest BCUT2D eigenvalue weighted by atomic mass is 9.98. The molecule has 1 heterocycles. The van der Waals surface area contributed by atoms with Crippen LogP contribution in [0.5, 0.6) is 0 Å². The van der Waals surface area contributed by atoms with Crippen LogP contribution in [-0.4, -0.2) is 25.0 Å². The first-order valence-electron chi connectivity index (χ1n) is 7.77. The first-order chi connectivity index (χ1) is 8.75. The van der Waals surface area contributed by atoms with Crippen molar-refractivity contribution in [2.45, 2.75) is 38.6 Å². The van der Waals surface area contributed by atoms with E-state index < -0.39 is 0 Å². The van der Waals surface area contributed by atoms with Gasteiger partial charge in [0.25, 0.3) is 0 Å². The molecule has 1 aliphatic heterocycles. The second kappa shape index (κ2) is 3.96. The van der Waals surface area contributed by atoms with Gasteiger partial charge in [-0.05, 0) is 75.3 Å². The Morgan fingerprint density at radius 1 is 1.22 bits per heavy atom. The van der Waals surface area contributed by atoms with E-state index in [2.05, 4.69) is 17.6 Å². The number of carbonyl (C=O) groups excluding carboxylic acids is 1. The quantitative estimate of drug-likeness (QED) is 0.792. The molecule has 1 amide bonds. The van der Waals surface area contributed by atoms with Crippen LogP contribution >= 0.6 is 0 Å². The second-order valence-corrected chi connectivity index (χ2v) is 7.06. The van der Waals surface area contributed by atoms with Crippen molar-refractivity contribution in [3.63, 3.8) is 0 Å². The van der Waals surface area contributed by atoms with Gasteiger partial charge in [0.2, 0.25) is 5.91 Å². The highest BCUT2D eigenvalue weighted by atomic mass is 16.2. The lowest BCUT2D eigenvalue weighted by Crippen LogP contribution is -2.40. The van der Waals surface area contributed by atoms with Gasteiger partial charge >= 0.3 is 0 Å². The van der Waals surface area contributed by atoms with Gasteiger partial charge in [-0.15, -0.1) is 0 Å². The molecule has 4 rings (SSSR count). The van der Waals surface area contributed by atoms with Gasteiger partial charge in [-0.3, -0.25) is 4.79 Å². The molecule has 6 atom stereocenters. The predicted octanol–water partition coefficient (Wildman–Crippen LogP) is 1.39. The van der Waals surface area contributed by atoms with E-state index in [0.29, 0.717) is 23.8 Å². The van der Waals surface area contributed by atoms with E-state index in [-0.39, 0.29) is 0 Å². The molecule has 0 radical (unpaired) electrons. The Morgan fingerprint density at radius 2 is 1.94 bits per heavy atom. The Labute approximate surface area is 109 Å². The molecule has 3 heteroatoms. The van der Waals surface area contributed by atoms with Crippen LogP contribution in [0.4, 0.5) is 0 Å². The molecular formula is C15H24N2O. The minimum absolute atomic E-state index is 0.353. The molecule has 3 saturated carbocycles. The maximum absolute atomic E-state index is 12.4. The first-order valence-corrected chi connectivity index (χ1v) is 7.77. The fourth-order valence-corrected chi connectivity index (χ4v) is 5.22. The minimum Gasteiger partial charge on any atom is -0.353 e. The highest BCUT2D eigenvalue weighted by Gasteiger charge is 2.67. The molecule has 2 N–H and O–H groups in total. The summed E-state index contributed by atoms with van der Waals surface area (Å²) in [5, 5.41) is 6.69. The molecule has 18 heavy (non-hydrogen) atoms. The summed E-state index contributed by atoms with van der Waals surface area (Å²) >= 11 is 0.